The van der Waals surface area contributed by atoms with Gasteiger partial charge >= 0.3 is 0 Å². The minimum Gasteiger partial charge on any atom is -0.493 e. The normalized spacial score (nSPS) is 19.4. The molecule has 6 heteroatoms. The van der Waals surface area contributed by atoms with Gasteiger partial charge in [0.1, 0.15) is 6.26 Å². The van der Waals surface area contributed by atoms with E-state index in [1.54, 1.807) is 37.8 Å². The van der Waals surface area contributed by atoms with Gasteiger partial charge in [0, 0.05) is 23.6 Å². The number of nitrogens with one attached hydrogen (secondary N) is 1. The highest BCUT2D eigenvalue weighted by Gasteiger charge is 2.32. The number of nitrogens with zero attached hydrogens (tertiary/aromatic N) is 1. The van der Waals surface area contributed by atoms with Crippen LogP contribution in [0.4, 0.5) is 0 Å². The Labute approximate surface area is 128 Å². The van der Waals surface area contributed by atoms with E-state index in [1.165, 1.54) is 0 Å². The van der Waals surface area contributed by atoms with Gasteiger partial charge in [-0.3, -0.25) is 0 Å². The molecule has 2 aromatic rings. The number of benzene rings is 1. The van der Waals surface area contributed by atoms with E-state index in [-0.39, 0.29) is 6.10 Å². The van der Waals surface area contributed by atoms with Crippen LogP contribution in [0.3, 0.4) is 0 Å². The molecule has 21 heavy (non-hydrogen) atoms. The van der Waals surface area contributed by atoms with Crippen LogP contribution in [0.2, 0.25) is 5.02 Å². The third-order valence-electron chi connectivity index (χ3n) is 3.60. The zero-order chi connectivity index (χ0) is 14.7. The van der Waals surface area contributed by atoms with Gasteiger partial charge in [-0.25, -0.2) is 4.98 Å². The molecular formula is C15H17ClN2O3. The predicted octanol–water partition coefficient (Wildman–Crippen LogP) is 3.07. The molecule has 0 spiro atoms. The Morgan fingerprint density at radius 3 is 3.00 bits per heavy atom. The molecule has 1 aliphatic rings. The minimum atomic E-state index is -0.245. The van der Waals surface area contributed by atoms with Crippen LogP contribution in [-0.2, 0) is 0 Å². The second kappa shape index (κ2) is 6.37. The zero-order valence-corrected chi connectivity index (χ0v) is 12.5. The summed E-state index contributed by atoms with van der Waals surface area (Å²) < 4.78 is 16.9. The number of ether oxygens (including phenoxy) is 2. The van der Waals surface area contributed by atoms with Gasteiger partial charge in [0.25, 0.3) is 0 Å². The Morgan fingerprint density at radius 2 is 2.33 bits per heavy atom. The summed E-state index contributed by atoms with van der Waals surface area (Å²) in [4.78, 5) is 4.24. The zero-order valence-electron chi connectivity index (χ0n) is 11.7. The van der Waals surface area contributed by atoms with Crippen molar-refractivity contribution in [2.24, 2.45) is 5.92 Å². The predicted molar refractivity (Wildman–Crippen MR) is 78.9 cm³/mol. The van der Waals surface area contributed by atoms with E-state index in [0.29, 0.717) is 28.3 Å². The molecule has 2 heterocycles. The Bertz CT molecular complexity index is 583. The third kappa shape index (κ3) is 3.14. The summed E-state index contributed by atoms with van der Waals surface area (Å²) in [6, 6.07) is 5.31. The molecular weight excluding hydrogens is 292 g/mol. The maximum Gasteiger partial charge on any atom is 0.235 e. The topological polar surface area (TPSA) is 56.5 Å². The summed E-state index contributed by atoms with van der Waals surface area (Å²) in [5.74, 6) is 2.13. The first-order valence-electron chi connectivity index (χ1n) is 6.88. The average Bonchev–Trinajstić information content (AvgIpc) is 3.19. The van der Waals surface area contributed by atoms with Crippen molar-refractivity contribution >= 4 is 11.6 Å². The van der Waals surface area contributed by atoms with E-state index in [9.17, 15) is 0 Å². The summed E-state index contributed by atoms with van der Waals surface area (Å²) in [6.07, 6.45) is 3.97. The van der Waals surface area contributed by atoms with Crippen molar-refractivity contribution < 1.29 is 13.9 Å². The lowest BCUT2D eigenvalue weighted by Crippen LogP contribution is -2.21. The molecule has 0 saturated carbocycles. The first-order chi connectivity index (χ1) is 10.3. The van der Waals surface area contributed by atoms with Gasteiger partial charge in [0.2, 0.25) is 5.89 Å². The van der Waals surface area contributed by atoms with Crippen molar-refractivity contribution in [3.05, 3.63) is 41.6 Å². The molecule has 1 fully saturated rings. The first kappa shape index (κ1) is 14.2. The standard InChI is InChI=1S/C15H17ClN2O3/c1-19-13-8-11(16)2-3-12(13)21-14(10-4-5-17-9-10)15-18-6-7-20-15/h2-3,6-8,10,14,17H,4-5,9H2,1H3/t10?,14-/m0/s1. The van der Waals surface area contributed by atoms with Gasteiger partial charge in [-0.2, -0.15) is 0 Å². The molecule has 0 amide bonds. The highest BCUT2D eigenvalue weighted by molar-refractivity contribution is 6.30. The quantitative estimate of drug-likeness (QED) is 0.920. The fourth-order valence-corrected chi connectivity index (χ4v) is 2.70. The van der Waals surface area contributed by atoms with Crippen LogP contribution in [0.5, 0.6) is 11.5 Å². The fraction of sp³-hybridized carbons (Fsp3) is 0.400. The summed E-state index contributed by atoms with van der Waals surface area (Å²) in [5.41, 5.74) is 0. The fourth-order valence-electron chi connectivity index (χ4n) is 2.53. The summed E-state index contributed by atoms with van der Waals surface area (Å²) in [5, 5.41) is 3.94. The van der Waals surface area contributed by atoms with Gasteiger partial charge in [-0.1, -0.05) is 11.6 Å². The van der Waals surface area contributed by atoms with Gasteiger partial charge in [-0.15, -0.1) is 0 Å². The molecule has 1 N–H and O–H groups in total. The summed E-state index contributed by atoms with van der Waals surface area (Å²) in [7, 11) is 1.59. The van der Waals surface area contributed by atoms with Crippen molar-refractivity contribution in [2.45, 2.75) is 12.5 Å². The third-order valence-corrected chi connectivity index (χ3v) is 3.84. The summed E-state index contributed by atoms with van der Waals surface area (Å²) in [6.45, 7) is 1.85. The molecule has 112 valence electrons. The van der Waals surface area contributed by atoms with E-state index in [0.717, 1.165) is 19.5 Å². The molecule has 5 nitrogen and oxygen atoms in total. The molecule has 3 rings (SSSR count). The SMILES string of the molecule is COc1cc(Cl)ccc1O[C@H](c1ncco1)C1CCNC1. The molecule has 1 unspecified atom stereocenters. The number of rotatable bonds is 5. The second-order valence-corrected chi connectivity index (χ2v) is 5.39. The number of hydrogen-bond acceptors (Lipinski definition) is 5. The van der Waals surface area contributed by atoms with Crippen LogP contribution in [0.15, 0.2) is 35.1 Å². The number of aromatic nitrogens is 1. The van der Waals surface area contributed by atoms with Crippen molar-refractivity contribution in [2.75, 3.05) is 20.2 Å². The molecule has 1 aromatic carbocycles. The molecule has 0 aliphatic carbocycles. The Kier molecular flexibility index (Phi) is 4.31. The van der Waals surface area contributed by atoms with Crippen molar-refractivity contribution in [3.63, 3.8) is 0 Å². The maximum atomic E-state index is 6.14. The van der Waals surface area contributed by atoms with Crippen LogP contribution < -0.4 is 14.8 Å². The number of methoxy groups -OCH3 is 1. The van der Waals surface area contributed by atoms with Crippen LogP contribution in [0.25, 0.3) is 0 Å². The van der Waals surface area contributed by atoms with Crippen molar-refractivity contribution in [1.29, 1.82) is 0 Å². The van der Waals surface area contributed by atoms with E-state index in [4.69, 9.17) is 25.5 Å². The molecule has 0 bridgehead atoms. The summed E-state index contributed by atoms with van der Waals surface area (Å²) >= 11 is 5.98. The lowest BCUT2D eigenvalue weighted by molar-refractivity contribution is 0.110. The minimum absolute atomic E-state index is 0.245. The van der Waals surface area contributed by atoms with Crippen LogP contribution in [0, 0.1) is 5.92 Å². The Morgan fingerprint density at radius 1 is 1.43 bits per heavy atom. The van der Waals surface area contributed by atoms with E-state index in [1.807, 2.05) is 0 Å². The number of oxazole rings is 1. The second-order valence-electron chi connectivity index (χ2n) is 4.96. The van der Waals surface area contributed by atoms with E-state index in [2.05, 4.69) is 10.3 Å². The van der Waals surface area contributed by atoms with Crippen LogP contribution >= 0.6 is 11.6 Å². The molecule has 1 aromatic heterocycles. The van der Waals surface area contributed by atoms with Gasteiger partial charge in [-0.05, 0) is 25.1 Å². The average molecular weight is 309 g/mol. The Balaban J connectivity index is 1.87. The monoisotopic (exact) mass is 308 g/mol. The number of hydrogen-bond donors (Lipinski definition) is 1. The van der Waals surface area contributed by atoms with Gasteiger partial charge in [0.15, 0.2) is 17.6 Å². The smallest absolute Gasteiger partial charge is 0.235 e. The highest BCUT2D eigenvalue weighted by atomic mass is 35.5. The largest absolute Gasteiger partial charge is 0.493 e. The van der Waals surface area contributed by atoms with Gasteiger partial charge < -0.3 is 19.2 Å². The molecule has 1 saturated heterocycles. The van der Waals surface area contributed by atoms with Crippen molar-refractivity contribution in [3.8, 4) is 11.5 Å². The number of halogens is 1. The van der Waals surface area contributed by atoms with Crippen LogP contribution in [0.1, 0.15) is 18.4 Å². The van der Waals surface area contributed by atoms with Crippen molar-refractivity contribution in [1.82, 2.24) is 10.3 Å². The Hall–Kier alpha value is -1.72. The molecule has 2 atom stereocenters. The van der Waals surface area contributed by atoms with E-state index >= 15 is 0 Å². The molecule has 0 radical (unpaired) electrons. The van der Waals surface area contributed by atoms with Crippen LogP contribution in [-0.4, -0.2) is 25.2 Å². The highest BCUT2D eigenvalue weighted by Crippen LogP contribution is 2.37. The maximum absolute atomic E-state index is 6.14. The van der Waals surface area contributed by atoms with Gasteiger partial charge in [0.05, 0.1) is 13.3 Å². The lowest BCUT2D eigenvalue weighted by Gasteiger charge is -2.22. The molecule has 1 aliphatic heterocycles. The lowest BCUT2D eigenvalue weighted by atomic mass is 10.0. The van der Waals surface area contributed by atoms with E-state index < -0.39 is 0 Å². The first-order valence-corrected chi connectivity index (χ1v) is 7.26.